The average molecular weight is 215 g/mol. The van der Waals surface area contributed by atoms with Crippen molar-refractivity contribution >= 4 is 5.91 Å². The molecule has 0 aliphatic carbocycles. The normalized spacial score (nSPS) is 21.3. The Kier molecular flexibility index (Phi) is 6.36. The van der Waals surface area contributed by atoms with Crippen LogP contribution in [0.2, 0.25) is 0 Å². The third-order valence-electron chi connectivity index (χ3n) is 2.34. The quantitative estimate of drug-likeness (QED) is 0.682. The average Bonchev–Trinajstić information content (AvgIpc) is 2.26. The molecule has 1 unspecified atom stereocenters. The molecule has 4 nitrogen and oxygen atoms in total. The van der Waals surface area contributed by atoms with Gasteiger partial charge in [0.05, 0.1) is 6.61 Å². The van der Waals surface area contributed by atoms with Gasteiger partial charge in [-0.05, 0) is 25.7 Å². The maximum atomic E-state index is 11.1. The van der Waals surface area contributed by atoms with Gasteiger partial charge in [-0.3, -0.25) is 4.79 Å². The van der Waals surface area contributed by atoms with Crippen LogP contribution in [0.15, 0.2) is 0 Å². The van der Waals surface area contributed by atoms with Gasteiger partial charge in [0.15, 0.2) is 6.29 Å². The summed E-state index contributed by atoms with van der Waals surface area (Å²) in [5.41, 5.74) is 0. The zero-order valence-electron chi connectivity index (χ0n) is 9.46. The lowest BCUT2D eigenvalue weighted by atomic mass is 10.2. The van der Waals surface area contributed by atoms with Gasteiger partial charge in [0, 0.05) is 19.6 Å². The van der Waals surface area contributed by atoms with E-state index in [2.05, 4.69) is 5.32 Å². The number of hydrogen-bond donors (Lipinski definition) is 1. The van der Waals surface area contributed by atoms with Crippen molar-refractivity contribution in [2.75, 3.05) is 19.8 Å². The standard InChI is InChI=1S/C11H21NO3/c1-2-5-10(13)12-7-9-15-11-6-3-4-8-14-11/h11H,2-9H2,1H3,(H,12,13). The van der Waals surface area contributed by atoms with Gasteiger partial charge in [0.2, 0.25) is 5.91 Å². The van der Waals surface area contributed by atoms with E-state index in [9.17, 15) is 4.79 Å². The van der Waals surface area contributed by atoms with Crippen LogP contribution in [0.5, 0.6) is 0 Å². The first-order valence-corrected chi connectivity index (χ1v) is 5.83. The summed E-state index contributed by atoms with van der Waals surface area (Å²) in [4.78, 5) is 11.1. The Morgan fingerprint density at radius 2 is 2.40 bits per heavy atom. The summed E-state index contributed by atoms with van der Waals surface area (Å²) < 4.78 is 10.9. The molecule has 0 aromatic carbocycles. The van der Waals surface area contributed by atoms with Crippen LogP contribution in [0.25, 0.3) is 0 Å². The third kappa shape index (κ3) is 5.74. The highest BCUT2D eigenvalue weighted by Gasteiger charge is 2.13. The topological polar surface area (TPSA) is 47.6 Å². The molecule has 1 rings (SSSR count). The van der Waals surface area contributed by atoms with Gasteiger partial charge in [0.25, 0.3) is 0 Å². The van der Waals surface area contributed by atoms with Gasteiger partial charge in [0.1, 0.15) is 0 Å². The fourth-order valence-corrected chi connectivity index (χ4v) is 1.54. The minimum Gasteiger partial charge on any atom is -0.354 e. The summed E-state index contributed by atoms with van der Waals surface area (Å²) in [7, 11) is 0. The summed E-state index contributed by atoms with van der Waals surface area (Å²) in [5, 5.41) is 2.80. The van der Waals surface area contributed by atoms with Gasteiger partial charge in [-0.2, -0.15) is 0 Å². The van der Waals surface area contributed by atoms with Crippen molar-refractivity contribution in [3.63, 3.8) is 0 Å². The van der Waals surface area contributed by atoms with Crippen molar-refractivity contribution in [2.24, 2.45) is 0 Å². The Bertz CT molecular complexity index is 179. The van der Waals surface area contributed by atoms with Crippen molar-refractivity contribution < 1.29 is 14.3 Å². The molecule has 1 N–H and O–H groups in total. The molecular weight excluding hydrogens is 194 g/mol. The number of carbonyl (C=O) groups excluding carboxylic acids is 1. The molecule has 1 aliphatic heterocycles. The first kappa shape index (κ1) is 12.5. The predicted molar refractivity (Wildman–Crippen MR) is 57.5 cm³/mol. The maximum Gasteiger partial charge on any atom is 0.220 e. The molecule has 1 atom stereocenters. The van der Waals surface area contributed by atoms with E-state index in [1.54, 1.807) is 0 Å². The molecule has 0 radical (unpaired) electrons. The van der Waals surface area contributed by atoms with Crippen LogP contribution >= 0.6 is 0 Å². The minimum absolute atomic E-state index is 0.0539. The molecule has 0 bridgehead atoms. The molecule has 0 aromatic heterocycles. The lowest BCUT2D eigenvalue weighted by Crippen LogP contribution is -2.30. The van der Waals surface area contributed by atoms with Crippen molar-refractivity contribution in [1.82, 2.24) is 5.32 Å². The van der Waals surface area contributed by atoms with Crippen molar-refractivity contribution in [2.45, 2.75) is 45.3 Å². The number of rotatable bonds is 6. The molecule has 1 heterocycles. The summed E-state index contributed by atoms with van der Waals surface area (Å²) in [6.45, 7) is 3.91. The smallest absolute Gasteiger partial charge is 0.220 e. The van der Waals surface area contributed by atoms with Crippen LogP contribution in [0.3, 0.4) is 0 Å². The van der Waals surface area contributed by atoms with Crippen LogP contribution < -0.4 is 5.32 Å². The van der Waals surface area contributed by atoms with E-state index in [1.165, 1.54) is 6.42 Å². The van der Waals surface area contributed by atoms with Crippen LogP contribution in [-0.2, 0) is 14.3 Å². The Hall–Kier alpha value is -0.610. The van der Waals surface area contributed by atoms with Crippen LogP contribution in [0.1, 0.15) is 39.0 Å². The van der Waals surface area contributed by atoms with Crippen molar-refractivity contribution in [3.8, 4) is 0 Å². The molecule has 1 amide bonds. The van der Waals surface area contributed by atoms with Gasteiger partial charge >= 0.3 is 0 Å². The lowest BCUT2D eigenvalue weighted by Gasteiger charge is -2.22. The summed E-state index contributed by atoms with van der Waals surface area (Å²) in [6.07, 6.45) is 4.71. The Labute approximate surface area is 91.3 Å². The summed E-state index contributed by atoms with van der Waals surface area (Å²) in [5.74, 6) is 0.102. The van der Waals surface area contributed by atoms with Crippen LogP contribution in [0.4, 0.5) is 0 Å². The molecule has 1 aliphatic rings. The SMILES string of the molecule is CCCC(=O)NCCOC1CCCCO1. The first-order valence-electron chi connectivity index (χ1n) is 5.83. The number of ether oxygens (including phenoxy) is 2. The lowest BCUT2D eigenvalue weighted by molar-refractivity contribution is -0.161. The van der Waals surface area contributed by atoms with E-state index in [0.717, 1.165) is 25.9 Å². The molecule has 1 fully saturated rings. The number of hydrogen-bond acceptors (Lipinski definition) is 3. The van der Waals surface area contributed by atoms with E-state index in [1.807, 2.05) is 6.92 Å². The predicted octanol–water partition coefficient (Wildman–Crippen LogP) is 1.45. The molecule has 0 saturated carbocycles. The van der Waals surface area contributed by atoms with Gasteiger partial charge in [-0.25, -0.2) is 0 Å². The molecule has 1 saturated heterocycles. The van der Waals surface area contributed by atoms with Crippen LogP contribution in [0, 0.1) is 0 Å². The summed E-state index contributed by atoms with van der Waals surface area (Å²) in [6, 6.07) is 0. The monoisotopic (exact) mass is 215 g/mol. The molecule has 4 heteroatoms. The Balaban J connectivity index is 1.93. The van der Waals surface area contributed by atoms with E-state index < -0.39 is 0 Å². The van der Waals surface area contributed by atoms with E-state index in [0.29, 0.717) is 19.6 Å². The second-order valence-corrected chi connectivity index (χ2v) is 3.77. The molecular formula is C11H21NO3. The first-order chi connectivity index (χ1) is 7.33. The molecule has 0 spiro atoms. The third-order valence-corrected chi connectivity index (χ3v) is 2.34. The molecule has 15 heavy (non-hydrogen) atoms. The van der Waals surface area contributed by atoms with Gasteiger partial charge < -0.3 is 14.8 Å². The van der Waals surface area contributed by atoms with Gasteiger partial charge in [-0.15, -0.1) is 0 Å². The number of carbonyl (C=O) groups is 1. The Morgan fingerprint density at radius 1 is 1.53 bits per heavy atom. The van der Waals surface area contributed by atoms with Crippen LogP contribution in [-0.4, -0.2) is 32.0 Å². The second kappa shape index (κ2) is 7.65. The molecule has 0 aromatic rings. The highest BCUT2D eigenvalue weighted by molar-refractivity contribution is 5.75. The van der Waals surface area contributed by atoms with Gasteiger partial charge in [-0.1, -0.05) is 6.92 Å². The number of amides is 1. The van der Waals surface area contributed by atoms with Crippen molar-refractivity contribution in [3.05, 3.63) is 0 Å². The fourth-order valence-electron chi connectivity index (χ4n) is 1.54. The van der Waals surface area contributed by atoms with E-state index >= 15 is 0 Å². The summed E-state index contributed by atoms with van der Waals surface area (Å²) >= 11 is 0. The van der Waals surface area contributed by atoms with Crippen molar-refractivity contribution in [1.29, 1.82) is 0 Å². The highest BCUT2D eigenvalue weighted by Crippen LogP contribution is 2.12. The zero-order chi connectivity index (χ0) is 10.9. The molecule has 88 valence electrons. The Morgan fingerprint density at radius 3 is 3.07 bits per heavy atom. The zero-order valence-corrected chi connectivity index (χ0v) is 9.46. The van der Waals surface area contributed by atoms with E-state index in [4.69, 9.17) is 9.47 Å². The van der Waals surface area contributed by atoms with E-state index in [-0.39, 0.29) is 12.2 Å². The largest absolute Gasteiger partial charge is 0.354 e. The maximum absolute atomic E-state index is 11.1. The minimum atomic E-state index is -0.0539. The fraction of sp³-hybridized carbons (Fsp3) is 0.909. The highest BCUT2D eigenvalue weighted by atomic mass is 16.7. The number of nitrogens with one attached hydrogen (secondary N) is 1. The second-order valence-electron chi connectivity index (χ2n) is 3.77.